The van der Waals surface area contributed by atoms with Gasteiger partial charge in [0.2, 0.25) is 0 Å². The van der Waals surface area contributed by atoms with E-state index in [4.69, 9.17) is 5.11 Å². The van der Waals surface area contributed by atoms with Gasteiger partial charge in [-0.3, -0.25) is 9.69 Å². The summed E-state index contributed by atoms with van der Waals surface area (Å²) in [4.78, 5) is 26.6. The summed E-state index contributed by atoms with van der Waals surface area (Å²) >= 11 is 0. The van der Waals surface area contributed by atoms with Crippen molar-refractivity contribution < 1.29 is 19.1 Å². The molecule has 1 aliphatic heterocycles. The summed E-state index contributed by atoms with van der Waals surface area (Å²) < 4.78 is 14.6. The molecule has 0 amide bonds. The first kappa shape index (κ1) is 22.5. The number of hydrogen-bond acceptors (Lipinski definition) is 4. The van der Waals surface area contributed by atoms with Crippen LogP contribution in [0.2, 0.25) is 0 Å². The molecule has 2 aromatic rings. The van der Waals surface area contributed by atoms with E-state index < -0.39 is 11.5 Å². The van der Waals surface area contributed by atoms with Gasteiger partial charge in [-0.2, -0.15) is 0 Å². The standard InChI is InChI=1S/C26H31FN2O3/c1-3-28-23-15-20(27)14-22-21(23)10-11-24(30)26(22,2)29-12-4-5-18(16-29)13-17-6-8-19(9-7-17)25(31)32/h6-9,14-15,18,28H,3-5,10-13,16H2,1-2H3,(H,31,32)/t18-,26?/m0/s1. The molecular formula is C26H31FN2O3. The number of carboxylic acids is 1. The van der Waals surface area contributed by atoms with Gasteiger partial charge >= 0.3 is 5.97 Å². The Morgan fingerprint density at radius 3 is 2.69 bits per heavy atom. The van der Waals surface area contributed by atoms with Crippen LogP contribution in [0.5, 0.6) is 0 Å². The number of carbonyl (C=O) groups excluding carboxylic acids is 1. The zero-order chi connectivity index (χ0) is 22.9. The van der Waals surface area contributed by atoms with Crippen LogP contribution in [0.3, 0.4) is 0 Å². The molecule has 0 radical (unpaired) electrons. The monoisotopic (exact) mass is 438 g/mol. The van der Waals surface area contributed by atoms with Crippen LogP contribution in [0.1, 0.15) is 60.2 Å². The molecule has 2 N–H and O–H groups in total. The van der Waals surface area contributed by atoms with Crippen molar-refractivity contribution in [2.24, 2.45) is 5.92 Å². The van der Waals surface area contributed by atoms with E-state index in [1.165, 1.54) is 0 Å². The van der Waals surface area contributed by atoms with Gasteiger partial charge in [0, 0.05) is 25.2 Å². The smallest absolute Gasteiger partial charge is 0.335 e. The minimum Gasteiger partial charge on any atom is -0.478 e. The molecular weight excluding hydrogens is 407 g/mol. The van der Waals surface area contributed by atoms with Gasteiger partial charge in [-0.15, -0.1) is 0 Å². The Kier molecular flexibility index (Phi) is 6.33. The molecule has 1 saturated heterocycles. The van der Waals surface area contributed by atoms with E-state index in [9.17, 15) is 14.0 Å². The molecule has 2 aromatic carbocycles. The number of benzene rings is 2. The lowest BCUT2D eigenvalue weighted by Gasteiger charge is -2.47. The average molecular weight is 439 g/mol. The van der Waals surface area contributed by atoms with Crippen molar-refractivity contribution in [3.8, 4) is 0 Å². The SMILES string of the molecule is CCNc1cc(F)cc2c1CCC(=O)C2(C)N1CCC[C@@H](Cc2ccc(C(=O)O)cc2)C1. The minimum absolute atomic E-state index is 0.157. The molecule has 2 aliphatic rings. The number of anilines is 1. The number of likely N-dealkylation sites (tertiary alicyclic amines) is 1. The van der Waals surface area contributed by atoms with Crippen LogP contribution in [0.4, 0.5) is 10.1 Å². The van der Waals surface area contributed by atoms with Crippen LogP contribution in [-0.4, -0.2) is 41.4 Å². The normalized spacial score (nSPS) is 23.6. The van der Waals surface area contributed by atoms with Crippen LogP contribution in [0.25, 0.3) is 0 Å². The number of carboxylic acid groups (broad SMARTS) is 1. The van der Waals surface area contributed by atoms with Crippen molar-refractivity contribution in [2.75, 3.05) is 25.0 Å². The summed E-state index contributed by atoms with van der Waals surface area (Å²) in [6.45, 7) is 6.22. The number of rotatable bonds is 6. The van der Waals surface area contributed by atoms with E-state index >= 15 is 0 Å². The Balaban J connectivity index is 1.60. The lowest BCUT2D eigenvalue weighted by atomic mass is 9.73. The van der Waals surface area contributed by atoms with Gasteiger partial charge in [0.15, 0.2) is 5.78 Å². The number of nitrogens with zero attached hydrogens (tertiary/aromatic N) is 1. The maximum Gasteiger partial charge on any atom is 0.335 e. The maximum absolute atomic E-state index is 14.6. The number of carbonyl (C=O) groups is 2. The molecule has 2 atom stereocenters. The van der Waals surface area contributed by atoms with Gasteiger partial charge in [0.25, 0.3) is 0 Å². The first-order valence-electron chi connectivity index (χ1n) is 11.5. The highest BCUT2D eigenvalue weighted by Gasteiger charge is 2.46. The van der Waals surface area contributed by atoms with Crippen molar-refractivity contribution >= 4 is 17.4 Å². The largest absolute Gasteiger partial charge is 0.478 e. The summed E-state index contributed by atoms with van der Waals surface area (Å²) in [6, 6.07) is 10.1. The number of piperidine rings is 1. The number of aromatic carboxylic acids is 1. The highest BCUT2D eigenvalue weighted by Crippen LogP contribution is 2.43. The number of hydrogen-bond donors (Lipinski definition) is 2. The van der Waals surface area contributed by atoms with Crippen LogP contribution >= 0.6 is 0 Å². The van der Waals surface area contributed by atoms with Gasteiger partial charge in [-0.1, -0.05) is 12.1 Å². The molecule has 5 nitrogen and oxygen atoms in total. The van der Waals surface area contributed by atoms with Crippen molar-refractivity contribution in [1.82, 2.24) is 4.90 Å². The Morgan fingerprint density at radius 2 is 2.00 bits per heavy atom. The van der Waals surface area contributed by atoms with Crippen LogP contribution in [-0.2, 0) is 23.2 Å². The number of fused-ring (bicyclic) bond motifs is 1. The van der Waals surface area contributed by atoms with E-state index in [1.807, 2.05) is 26.0 Å². The van der Waals surface area contributed by atoms with E-state index in [0.717, 1.165) is 54.7 Å². The highest BCUT2D eigenvalue weighted by molar-refractivity contribution is 5.92. The maximum atomic E-state index is 14.6. The molecule has 6 heteroatoms. The Bertz CT molecular complexity index is 1020. The summed E-state index contributed by atoms with van der Waals surface area (Å²) in [5.74, 6) is -0.722. The van der Waals surface area contributed by atoms with Crippen molar-refractivity contribution in [3.63, 3.8) is 0 Å². The van der Waals surface area contributed by atoms with Crippen LogP contribution < -0.4 is 5.32 Å². The Morgan fingerprint density at radius 1 is 1.25 bits per heavy atom. The topological polar surface area (TPSA) is 69.6 Å². The molecule has 0 bridgehead atoms. The quantitative estimate of drug-likeness (QED) is 0.688. The predicted molar refractivity (Wildman–Crippen MR) is 123 cm³/mol. The van der Waals surface area contributed by atoms with Gasteiger partial charge in [-0.25, -0.2) is 9.18 Å². The number of nitrogens with one attached hydrogen (secondary N) is 1. The second kappa shape index (κ2) is 9.02. The molecule has 32 heavy (non-hydrogen) atoms. The number of ketones is 1. The van der Waals surface area contributed by atoms with Gasteiger partial charge in [0.05, 0.1) is 5.56 Å². The van der Waals surface area contributed by atoms with E-state index in [-0.39, 0.29) is 17.2 Å². The lowest BCUT2D eigenvalue weighted by molar-refractivity contribution is -0.133. The van der Waals surface area contributed by atoms with Crippen LogP contribution in [0, 0.1) is 11.7 Å². The zero-order valence-corrected chi connectivity index (χ0v) is 18.8. The molecule has 0 aromatic heterocycles. The highest BCUT2D eigenvalue weighted by atomic mass is 19.1. The lowest BCUT2D eigenvalue weighted by Crippen LogP contribution is -2.55. The average Bonchev–Trinajstić information content (AvgIpc) is 2.77. The fourth-order valence-corrected chi connectivity index (χ4v) is 5.42. The van der Waals surface area contributed by atoms with Gasteiger partial charge in [0.1, 0.15) is 11.4 Å². The second-order valence-corrected chi connectivity index (χ2v) is 9.17. The third-order valence-corrected chi connectivity index (χ3v) is 7.13. The van der Waals surface area contributed by atoms with Crippen LogP contribution in [0.15, 0.2) is 36.4 Å². The molecule has 4 rings (SSSR count). The van der Waals surface area contributed by atoms with E-state index in [2.05, 4.69) is 10.2 Å². The first-order chi connectivity index (χ1) is 15.3. The predicted octanol–water partition coefficient (Wildman–Crippen LogP) is 4.64. The summed E-state index contributed by atoms with van der Waals surface area (Å²) in [5.41, 5.74) is 3.22. The summed E-state index contributed by atoms with van der Waals surface area (Å²) in [5, 5.41) is 12.4. The van der Waals surface area contributed by atoms with Crippen molar-refractivity contribution in [1.29, 1.82) is 0 Å². The zero-order valence-electron chi connectivity index (χ0n) is 18.8. The molecule has 0 saturated carbocycles. The molecule has 1 heterocycles. The molecule has 1 fully saturated rings. The molecule has 1 unspecified atom stereocenters. The van der Waals surface area contributed by atoms with E-state index in [0.29, 0.717) is 25.3 Å². The van der Waals surface area contributed by atoms with Crippen molar-refractivity contribution in [2.45, 2.75) is 51.5 Å². The van der Waals surface area contributed by atoms with Gasteiger partial charge in [-0.05, 0) is 92.9 Å². The number of halogens is 1. The molecule has 0 spiro atoms. The van der Waals surface area contributed by atoms with Gasteiger partial charge < -0.3 is 10.4 Å². The third-order valence-electron chi connectivity index (χ3n) is 7.13. The van der Waals surface area contributed by atoms with Crippen molar-refractivity contribution in [3.05, 3.63) is 64.5 Å². The third kappa shape index (κ3) is 4.16. The Hall–Kier alpha value is -2.73. The Labute approximate surface area is 188 Å². The summed E-state index contributed by atoms with van der Waals surface area (Å²) in [7, 11) is 0. The first-order valence-corrected chi connectivity index (χ1v) is 11.5. The second-order valence-electron chi connectivity index (χ2n) is 9.17. The van der Waals surface area contributed by atoms with E-state index in [1.54, 1.807) is 24.3 Å². The summed E-state index contributed by atoms with van der Waals surface area (Å²) in [6.07, 6.45) is 3.97. The molecule has 170 valence electrons. The minimum atomic E-state index is -0.924. The fourth-order valence-electron chi connectivity index (χ4n) is 5.42. The molecule has 1 aliphatic carbocycles. The number of Topliss-reactive ketones (excluding diaryl/α,β-unsaturated/α-hetero) is 1. The fraction of sp³-hybridized carbons (Fsp3) is 0.462.